The van der Waals surface area contributed by atoms with Crippen LogP contribution in [0.25, 0.3) is 0 Å². The zero-order valence-electron chi connectivity index (χ0n) is 29.8. The lowest BCUT2D eigenvalue weighted by atomic mass is 9.90. The van der Waals surface area contributed by atoms with Crippen molar-refractivity contribution >= 4 is 29.1 Å². The van der Waals surface area contributed by atoms with Gasteiger partial charge in [0.2, 0.25) is 0 Å². The Balaban J connectivity index is 1.15. The lowest BCUT2D eigenvalue weighted by molar-refractivity contribution is -0.384. The van der Waals surface area contributed by atoms with Crippen molar-refractivity contribution in [3.05, 3.63) is 135 Å². The second-order valence-corrected chi connectivity index (χ2v) is 13.4. The number of ether oxygens (including phenoxy) is 3. The molecule has 0 bridgehead atoms. The van der Waals surface area contributed by atoms with Gasteiger partial charge in [0.05, 0.1) is 30.8 Å². The van der Waals surface area contributed by atoms with Crippen LogP contribution in [0.4, 0.5) is 21.9 Å². The lowest BCUT2D eigenvalue weighted by Crippen LogP contribution is -2.51. The number of esters is 1. The maximum absolute atomic E-state index is 13.1. The molecule has 2 aliphatic rings. The summed E-state index contributed by atoms with van der Waals surface area (Å²) in [4.78, 5) is 41.0. The summed E-state index contributed by atoms with van der Waals surface area (Å²) in [7, 11) is 1.29. The number of nitrogens with one attached hydrogen (secondary N) is 2. The number of urea groups is 1. The third kappa shape index (κ3) is 9.56. The smallest absolute Gasteiger partial charge is 0.328 e. The number of carbonyl (C=O) groups excluding carboxylic acids is 2. The zero-order valence-corrected chi connectivity index (χ0v) is 29.8. The number of amides is 2. The number of nitro benzene ring substituents is 1. The molecule has 5 atom stereocenters. The van der Waals surface area contributed by atoms with Crippen molar-refractivity contribution in [2.24, 2.45) is 5.92 Å². The lowest BCUT2D eigenvalue weighted by Gasteiger charge is -2.44. The molecular formula is C40H45N5O8. The van der Waals surface area contributed by atoms with E-state index < -0.39 is 29.3 Å². The van der Waals surface area contributed by atoms with Crippen LogP contribution in [0.1, 0.15) is 41.6 Å². The number of non-ortho nitro benzene ring substituents is 1. The molecule has 3 N–H and O–H groups in total. The van der Waals surface area contributed by atoms with Crippen LogP contribution in [0.3, 0.4) is 0 Å². The Labute approximate surface area is 308 Å². The van der Waals surface area contributed by atoms with E-state index in [0.717, 1.165) is 48.6 Å². The highest BCUT2D eigenvalue weighted by Gasteiger charge is 2.39. The molecule has 0 spiro atoms. The fraction of sp³-hybridized carbons (Fsp3) is 0.350. The summed E-state index contributed by atoms with van der Waals surface area (Å²) in [6, 6.07) is 29.6. The molecule has 2 heterocycles. The van der Waals surface area contributed by atoms with Crippen LogP contribution < -0.4 is 15.5 Å². The minimum Gasteiger partial charge on any atom is -0.467 e. The maximum Gasteiger partial charge on any atom is 0.328 e. The summed E-state index contributed by atoms with van der Waals surface area (Å²) in [6.07, 6.45) is -0.991. The summed E-state index contributed by atoms with van der Waals surface area (Å²) < 4.78 is 18.3. The Morgan fingerprint density at radius 3 is 2.28 bits per heavy atom. The van der Waals surface area contributed by atoms with Crippen molar-refractivity contribution in [3.63, 3.8) is 0 Å². The van der Waals surface area contributed by atoms with Gasteiger partial charge in [-0.15, -0.1) is 0 Å². The Kier molecular flexibility index (Phi) is 12.3. The van der Waals surface area contributed by atoms with E-state index in [0.29, 0.717) is 17.8 Å². The van der Waals surface area contributed by atoms with Crippen LogP contribution >= 0.6 is 0 Å². The van der Waals surface area contributed by atoms with Gasteiger partial charge in [0.1, 0.15) is 6.04 Å². The van der Waals surface area contributed by atoms with Gasteiger partial charge in [0.25, 0.3) is 5.69 Å². The molecule has 53 heavy (non-hydrogen) atoms. The number of hydrogen-bond donors (Lipinski definition) is 3. The van der Waals surface area contributed by atoms with Gasteiger partial charge in [-0.3, -0.25) is 15.0 Å². The third-order valence-electron chi connectivity index (χ3n) is 9.85. The Morgan fingerprint density at radius 1 is 0.906 bits per heavy atom. The summed E-state index contributed by atoms with van der Waals surface area (Å²) in [5.74, 6) is -0.571. The maximum atomic E-state index is 13.1. The number of benzene rings is 4. The number of rotatable bonds is 12. The van der Waals surface area contributed by atoms with Gasteiger partial charge in [-0.2, -0.15) is 0 Å². The van der Waals surface area contributed by atoms with E-state index in [4.69, 9.17) is 14.2 Å². The van der Waals surface area contributed by atoms with Gasteiger partial charge in [0.15, 0.2) is 6.29 Å². The third-order valence-corrected chi connectivity index (χ3v) is 9.85. The minimum atomic E-state index is -0.883. The molecule has 0 aliphatic carbocycles. The number of nitro groups is 1. The van der Waals surface area contributed by atoms with Crippen molar-refractivity contribution in [2.75, 3.05) is 50.1 Å². The average molecular weight is 724 g/mol. The van der Waals surface area contributed by atoms with Gasteiger partial charge in [-0.05, 0) is 41.0 Å². The monoisotopic (exact) mass is 723 g/mol. The fourth-order valence-electron chi connectivity index (χ4n) is 6.83. The average Bonchev–Trinajstić information content (AvgIpc) is 3.19. The molecule has 0 radical (unpaired) electrons. The molecule has 278 valence electrons. The fourth-order valence-corrected chi connectivity index (χ4v) is 6.83. The number of aliphatic hydroxyl groups is 1. The first kappa shape index (κ1) is 37.4. The number of carbonyl (C=O) groups is 2. The highest BCUT2D eigenvalue weighted by atomic mass is 16.7. The molecule has 4 aromatic rings. The molecule has 2 saturated heterocycles. The van der Waals surface area contributed by atoms with Crippen LogP contribution in [-0.2, 0) is 32.0 Å². The predicted molar refractivity (Wildman–Crippen MR) is 199 cm³/mol. The first-order chi connectivity index (χ1) is 25.7. The molecule has 13 heteroatoms. The molecule has 0 aromatic heterocycles. The molecule has 2 aliphatic heterocycles. The van der Waals surface area contributed by atoms with E-state index in [1.807, 2.05) is 66.7 Å². The highest BCUT2D eigenvalue weighted by molar-refractivity contribution is 5.92. The second kappa shape index (κ2) is 17.5. The zero-order chi connectivity index (χ0) is 37.3. The first-order valence-corrected chi connectivity index (χ1v) is 17.7. The standard InChI is InChI=1S/C40H45N5O8/c1-27-36(25-43-19-21-44(22-20-43)33-15-17-34(18-16-33)45(49)50)52-39(53-37(27)30-13-11-29(26-46)12-14-30)31-9-6-10-32(24-31)41-40(48)42-35(38(47)51-2)23-28-7-4-3-5-8-28/h3-18,24,27,35-37,39,46H,19-23,25-26H2,1-2H3,(H2,41,42,48)/t27-,35-,36+,37+,39+/m0/s1. The quantitative estimate of drug-likeness (QED) is 0.0955. The van der Waals surface area contributed by atoms with E-state index in [1.165, 1.54) is 19.2 Å². The van der Waals surface area contributed by atoms with Crippen molar-refractivity contribution in [1.82, 2.24) is 10.2 Å². The van der Waals surface area contributed by atoms with Crippen LogP contribution in [0.2, 0.25) is 0 Å². The minimum absolute atomic E-state index is 0.0223. The topological polar surface area (TPSA) is 156 Å². The molecule has 0 saturated carbocycles. The molecule has 2 fully saturated rings. The van der Waals surface area contributed by atoms with Gasteiger partial charge in [0, 0.05) is 74.1 Å². The largest absolute Gasteiger partial charge is 0.467 e. The highest BCUT2D eigenvalue weighted by Crippen LogP contribution is 2.42. The van der Waals surface area contributed by atoms with Crippen LogP contribution in [0.15, 0.2) is 103 Å². The van der Waals surface area contributed by atoms with E-state index in [1.54, 1.807) is 24.3 Å². The number of anilines is 2. The first-order valence-electron chi connectivity index (χ1n) is 17.7. The van der Waals surface area contributed by atoms with E-state index in [2.05, 4.69) is 27.4 Å². The van der Waals surface area contributed by atoms with Crippen molar-refractivity contribution in [2.45, 2.75) is 44.5 Å². The Hall–Kier alpha value is -5.34. The number of aliphatic hydroxyl groups excluding tert-OH is 1. The number of nitrogens with zero attached hydrogens (tertiary/aromatic N) is 3. The van der Waals surface area contributed by atoms with Crippen LogP contribution in [-0.4, -0.2) is 78.9 Å². The van der Waals surface area contributed by atoms with Gasteiger partial charge < -0.3 is 34.9 Å². The van der Waals surface area contributed by atoms with E-state index in [-0.39, 0.29) is 36.8 Å². The number of methoxy groups -OCH3 is 1. The van der Waals surface area contributed by atoms with Crippen LogP contribution in [0.5, 0.6) is 0 Å². The van der Waals surface area contributed by atoms with Crippen molar-refractivity contribution in [3.8, 4) is 0 Å². The SMILES string of the molecule is COC(=O)[C@H](Cc1ccccc1)NC(=O)Nc1cccc([C@@H]2O[C@H](CN3CCN(c4ccc([N+](=O)[O-])cc4)CC3)[C@H](C)[C@H](c3ccc(CO)cc3)O2)c1. The Bertz CT molecular complexity index is 1830. The molecule has 6 rings (SSSR count). The number of piperazine rings is 1. The number of hydrogen-bond acceptors (Lipinski definition) is 10. The van der Waals surface area contributed by atoms with Crippen LogP contribution in [0, 0.1) is 16.0 Å². The summed E-state index contributed by atoms with van der Waals surface area (Å²) in [6.45, 7) is 5.84. The van der Waals surface area contributed by atoms with E-state index in [9.17, 15) is 24.8 Å². The molecule has 0 unspecified atom stereocenters. The normalized spacial score (nSPS) is 21.0. The van der Waals surface area contributed by atoms with Gasteiger partial charge in [-0.1, -0.05) is 73.7 Å². The summed E-state index contributed by atoms with van der Waals surface area (Å²) >= 11 is 0. The van der Waals surface area contributed by atoms with E-state index >= 15 is 0 Å². The predicted octanol–water partition coefficient (Wildman–Crippen LogP) is 5.61. The Morgan fingerprint density at radius 2 is 1.62 bits per heavy atom. The molecule has 4 aromatic carbocycles. The van der Waals surface area contributed by atoms with Gasteiger partial charge in [-0.25, -0.2) is 9.59 Å². The van der Waals surface area contributed by atoms with Crippen molar-refractivity contribution < 1.29 is 33.8 Å². The van der Waals surface area contributed by atoms with Crippen molar-refractivity contribution in [1.29, 1.82) is 0 Å². The van der Waals surface area contributed by atoms with Gasteiger partial charge >= 0.3 is 12.0 Å². The molecule has 2 amide bonds. The second-order valence-electron chi connectivity index (χ2n) is 13.4. The molecule has 13 nitrogen and oxygen atoms in total. The summed E-state index contributed by atoms with van der Waals surface area (Å²) in [5.41, 5.74) is 4.90. The molecular weight excluding hydrogens is 678 g/mol. The summed E-state index contributed by atoms with van der Waals surface area (Å²) in [5, 5.41) is 26.3.